The van der Waals surface area contributed by atoms with E-state index in [1.165, 1.54) is 4.90 Å². The smallest absolute Gasteiger partial charge is 0.410 e. The van der Waals surface area contributed by atoms with Crippen molar-refractivity contribution >= 4 is 23.9 Å². The molecule has 2 N–H and O–H groups in total. The van der Waals surface area contributed by atoms with Gasteiger partial charge >= 0.3 is 12.1 Å². The summed E-state index contributed by atoms with van der Waals surface area (Å²) in [5, 5.41) is 0. The number of carbonyl (C=O) groups excluding carboxylic acids is 4. The van der Waals surface area contributed by atoms with Gasteiger partial charge in [0.2, 0.25) is 5.91 Å². The van der Waals surface area contributed by atoms with E-state index in [1.54, 1.807) is 37.6 Å². The highest BCUT2D eigenvalue weighted by Crippen LogP contribution is 2.28. The predicted octanol–water partition coefficient (Wildman–Crippen LogP) is 0.679. The van der Waals surface area contributed by atoms with Crippen LogP contribution in [0, 0.1) is 5.92 Å². The Balaban J connectivity index is 1.49. The SMILES string of the molecule is CN1C(=O)N2C[C@H]1CC[C@H]2C(=O)NNC(=O)[C@@H]1CCCN(C(=O)OC(C)(C)C)C1. The van der Waals surface area contributed by atoms with Gasteiger partial charge in [0, 0.05) is 26.7 Å². The normalized spacial score (nSPS) is 27.0. The maximum absolute atomic E-state index is 12.5. The Morgan fingerprint density at radius 2 is 1.72 bits per heavy atom. The molecule has 0 spiro atoms. The molecule has 0 radical (unpaired) electrons. The number of nitrogens with zero attached hydrogens (tertiary/aromatic N) is 3. The number of urea groups is 1. The minimum absolute atomic E-state index is 0.153. The molecule has 3 rings (SSSR count). The Morgan fingerprint density at radius 3 is 2.41 bits per heavy atom. The van der Waals surface area contributed by atoms with Gasteiger partial charge in [-0.1, -0.05) is 0 Å². The van der Waals surface area contributed by atoms with Crippen molar-refractivity contribution in [3.05, 3.63) is 0 Å². The first-order valence-corrected chi connectivity index (χ1v) is 10.2. The molecule has 162 valence electrons. The van der Waals surface area contributed by atoms with Crippen LogP contribution >= 0.6 is 0 Å². The van der Waals surface area contributed by atoms with Gasteiger partial charge in [-0.3, -0.25) is 20.4 Å². The largest absolute Gasteiger partial charge is 0.444 e. The molecule has 3 saturated heterocycles. The Bertz CT molecular complexity index is 691. The number of ether oxygens (including phenoxy) is 1. The standard InChI is InChI=1S/C19H31N5O5/c1-19(2,3)29-18(28)23-9-5-6-12(10-23)15(25)20-21-16(26)14-8-7-13-11-24(14)17(27)22(13)4/h12-14H,5-11H2,1-4H3,(H,20,25)(H,21,26)/t12-,13-,14+/m1/s1. The van der Waals surface area contributed by atoms with E-state index in [9.17, 15) is 19.2 Å². The maximum Gasteiger partial charge on any atom is 0.410 e. The lowest BCUT2D eigenvalue weighted by Gasteiger charge is -2.33. The number of nitrogens with one attached hydrogen (secondary N) is 2. The summed E-state index contributed by atoms with van der Waals surface area (Å²) in [6, 6.07) is -0.574. The van der Waals surface area contributed by atoms with Gasteiger partial charge < -0.3 is 19.4 Å². The van der Waals surface area contributed by atoms with E-state index < -0.39 is 23.7 Å². The van der Waals surface area contributed by atoms with Crippen LogP contribution in [0.25, 0.3) is 0 Å². The topological polar surface area (TPSA) is 111 Å². The summed E-state index contributed by atoms with van der Waals surface area (Å²) in [7, 11) is 1.74. The van der Waals surface area contributed by atoms with Crippen LogP contribution in [0.2, 0.25) is 0 Å². The molecule has 0 saturated carbocycles. The highest BCUT2D eigenvalue weighted by atomic mass is 16.6. The van der Waals surface area contributed by atoms with Crippen LogP contribution in [-0.2, 0) is 14.3 Å². The van der Waals surface area contributed by atoms with Gasteiger partial charge in [-0.2, -0.15) is 0 Å². The Labute approximate surface area is 170 Å². The van der Waals surface area contributed by atoms with Crippen LogP contribution in [-0.4, -0.2) is 83.0 Å². The van der Waals surface area contributed by atoms with Gasteiger partial charge in [0.1, 0.15) is 11.6 Å². The number of hydrogen-bond donors (Lipinski definition) is 2. The van der Waals surface area contributed by atoms with Crippen LogP contribution in [0.3, 0.4) is 0 Å². The summed E-state index contributed by atoms with van der Waals surface area (Å²) < 4.78 is 5.37. The zero-order valence-corrected chi connectivity index (χ0v) is 17.6. The van der Waals surface area contributed by atoms with Crippen LogP contribution in [0.15, 0.2) is 0 Å². The molecule has 3 fully saturated rings. The third kappa shape index (κ3) is 4.73. The summed E-state index contributed by atoms with van der Waals surface area (Å²) in [4.78, 5) is 54.3. The van der Waals surface area contributed by atoms with Gasteiger partial charge in [0.25, 0.3) is 5.91 Å². The molecule has 0 unspecified atom stereocenters. The fourth-order valence-corrected chi connectivity index (χ4v) is 4.10. The molecule has 0 aromatic rings. The van der Waals surface area contributed by atoms with E-state index in [4.69, 9.17) is 4.74 Å². The van der Waals surface area contributed by atoms with Crippen molar-refractivity contribution < 1.29 is 23.9 Å². The number of hydrazine groups is 1. The molecule has 29 heavy (non-hydrogen) atoms. The third-order valence-corrected chi connectivity index (χ3v) is 5.71. The second kappa shape index (κ2) is 8.08. The van der Waals surface area contributed by atoms with E-state index in [-0.39, 0.29) is 30.4 Å². The first-order chi connectivity index (χ1) is 13.6. The highest BCUT2D eigenvalue weighted by Gasteiger charge is 2.45. The molecule has 3 aliphatic rings. The molecule has 10 nitrogen and oxygen atoms in total. The number of amides is 5. The second-order valence-corrected chi connectivity index (χ2v) is 9.04. The van der Waals surface area contributed by atoms with Crippen molar-refractivity contribution in [2.75, 3.05) is 26.7 Å². The molecule has 3 aliphatic heterocycles. The molecule has 10 heteroatoms. The van der Waals surface area contributed by atoms with Crippen molar-refractivity contribution in [3.8, 4) is 0 Å². The number of fused-ring (bicyclic) bond motifs is 2. The number of hydrogen-bond acceptors (Lipinski definition) is 5. The van der Waals surface area contributed by atoms with Gasteiger partial charge in [-0.15, -0.1) is 0 Å². The average molecular weight is 409 g/mol. The molecule has 0 aliphatic carbocycles. The summed E-state index contributed by atoms with van der Waals surface area (Å²) >= 11 is 0. The quantitative estimate of drug-likeness (QED) is 0.652. The minimum atomic E-state index is -0.597. The average Bonchev–Trinajstić information content (AvgIpc) is 2.89. The molecule has 3 atom stereocenters. The number of carbonyl (C=O) groups is 4. The zero-order valence-electron chi connectivity index (χ0n) is 17.6. The first-order valence-electron chi connectivity index (χ1n) is 10.2. The van der Waals surface area contributed by atoms with Crippen molar-refractivity contribution in [3.63, 3.8) is 0 Å². The van der Waals surface area contributed by atoms with Crippen molar-refractivity contribution in [1.29, 1.82) is 0 Å². The number of likely N-dealkylation sites (N-methyl/N-ethyl adjacent to an activating group) is 1. The lowest BCUT2D eigenvalue weighted by molar-refractivity contribution is -0.134. The van der Waals surface area contributed by atoms with Crippen molar-refractivity contribution in [2.24, 2.45) is 5.92 Å². The summed E-state index contributed by atoms with van der Waals surface area (Å²) in [5.41, 5.74) is 4.34. The van der Waals surface area contributed by atoms with Gasteiger partial charge in [0.05, 0.1) is 12.0 Å². The summed E-state index contributed by atoms with van der Waals surface area (Å²) in [5.74, 6) is -1.16. The zero-order chi connectivity index (χ0) is 21.3. The van der Waals surface area contributed by atoms with Crippen molar-refractivity contribution in [1.82, 2.24) is 25.6 Å². The van der Waals surface area contributed by atoms with Gasteiger partial charge in [0.15, 0.2) is 0 Å². The molecular formula is C19H31N5O5. The molecule has 2 bridgehead atoms. The van der Waals surface area contributed by atoms with E-state index in [1.807, 2.05) is 0 Å². The predicted molar refractivity (Wildman–Crippen MR) is 103 cm³/mol. The monoisotopic (exact) mass is 409 g/mol. The van der Waals surface area contributed by atoms with Crippen molar-refractivity contribution in [2.45, 2.75) is 64.1 Å². The Morgan fingerprint density at radius 1 is 1.03 bits per heavy atom. The molecule has 5 amide bonds. The molecule has 0 aromatic carbocycles. The van der Waals surface area contributed by atoms with Crippen LogP contribution in [0.4, 0.5) is 9.59 Å². The third-order valence-electron chi connectivity index (χ3n) is 5.71. The van der Waals surface area contributed by atoms with E-state index in [2.05, 4.69) is 10.9 Å². The summed E-state index contributed by atoms with van der Waals surface area (Å²) in [6.45, 7) is 6.71. The second-order valence-electron chi connectivity index (χ2n) is 9.04. The Kier molecular flexibility index (Phi) is 5.90. The molecule has 3 heterocycles. The highest BCUT2D eigenvalue weighted by molar-refractivity contribution is 5.90. The number of piperidine rings is 2. The molecular weight excluding hydrogens is 378 g/mol. The maximum atomic E-state index is 12.5. The fourth-order valence-electron chi connectivity index (χ4n) is 4.10. The van der Waals surface area contributed by atoms with Crippen LogP contribution in [0.1, 0.15) is 46.5 Å². The van der Waals surface area contributed by atoms with Gasteiger partial charge in [-0.05, 0) is 46.5 Å². The summed E-state index contributed by atoms with van der Waals surface area (Å²) in [6.07, 6.45) is 2.20. The van der Waals surface area contributed by atoms with E-state index in [0.717, 1.165) is 6.42 Å². The van der Waals surface area contributed by atoms with Gasteiger partial charge in [-0.25, -0.2) is 9.59 Å². The van der Waals surface area contributed by atoms with Crippen LogP contribution in [0.5, 0.6) is 0 Å². The molecule has 0 aromatic heterocycles. The minimum Gasteiger partial charge on any atom is -0.444 e. The Hall–Kier alpha value is -2.52. The van der Waals surface area contributed by atoms with E-state index >= 15 is 0 Å². The lowest BCUT2D eigenvalue weighted by atomic mass is 9.97. The fraction of sp³-hybridized carbons (Fsp3) is 0.789. The lowest BCUT2D eigenvalue weighted by Crippen LogP contribution is -2.56. The first kappa shape index (κ1) is 21.2. The number of rotatable bonds is 2. The number of likely N-dealkylation sites (tertiary alicyclic amines) is 1. The van der Waals surface area contributed by atoms with E-state index in [0.29, 0.717) is 32.4 Å². The van der Waals surface area contributed by atoms with Crippen LogP contribution < -0.4 is 10.9 Å².